The van der Waals surface area contributed by atoms with E-state index >= 15 is 0 Å². The predicted octanol–water partition coefficient (Wildman–Crippen LogP) is 4.37. The number of amides is 1. The summed E-state index contributed by atoms with van der Waals surface area (Å²) in [6.07, 6.45) is 6.70. The van der Waals surface area contributed by atoms with Crippen LogP contribution in [0.15, 0.2) is 56.5 Å². The minimum atomic E-state index is -0.446. The highest BCUT2D eigenvalue weighted by Crippen LogP contribution is 2.26. The van der Waals surface area contributed by atoms with Crippen LogP contribution in [0.5, 0.6) is 11.5 Å². The third kappa shape index (κ3) is 4.72. The second-order valence-electron chi connectivity index (χ2n) is 5.63. The lowest BCUT2D eigenvalue weighted by molar-refractivity contribution is 0.0929. The standard InChI is InChI=1S/C21H17BrN2O4/c1-3-9-27-19-7-5-14(10-17(19)22)13-23-24-21(25)20-12-15-11-16(26-4-2)6-8-18(15)28-20/h1,5-8,10-13H,4,9H2,2H3,(H,24,25)/b23-13+. The van der Waals surface area contributed by atoms with Gasteiger partial charge in [0.15, 0.2) is 5.76 Å². The number of carbonyl (C=O) groups is 1. The van der Waals surface area contributed by atoms with Crippen LogP contribution < -0.4 is 14.9 Å². The van der Waals surface area contributed by atoms with Crippen LogP contribution in [0.1, 0.15) is 23.0 Å². The molecular formula is C21H17BrN2O4. The number of furan rings is 1. The molecule has 7 heteroatoms. The Balaban J connectivity index is 1.65. The van der Waals surface area contributed by atoms with Gasteiger partial charge in [0.05, 0.1) is 17.3 Å². The monoisotopic (exact) mass is 440 g/mol. The molecule has 0 bridgehead atoms. The first-order valence-corrected chi connectivity index (χ1v) is 9.25. The summed E-state index contributed by atoms with van der Waals surface area (Å²) < 4.78 is 17.1. The molecule has 0 aliphatic heterocycles. The van der Waals surface area contributed by atoms with Crippen molar-refractivity contribution in [2.75, 3.05) is 13.2 Å². The molecule has 0 aliphatic rings. The van der Waals surface area contributed by atoms with Crippen molar-refractivity contribution in [3.05, 3.63) is 58.3 Å². The highest BCUT2D eigenvalue weighted by atomic mass is 79.9. The Kier molecular flexibility index (Phi) is 6.35. The van der Waals surface area contributed by atoms with E-state index in [0.29, 0.717) is 17.9 Å². The van der Waals surface area contributed by atoms with E-state index in [-0.39, 0.29) is 12.4 Å². The lowest BCUT2D eigenvalue weighted by atomic mass is 10.2. The number of hydrazone groups is 1. The highest BCUT2D eigenvalue weighted by molar-refractivity contribution is 9.10. The molecule has 0 fully saturated rings. The van der Waals surface area contributed by atoms with E-state index in [1.54, 1.807) is 36.4 Å². The minimum Gasteiger partial charge on any atom is -0.494 e. The number of benzene rings is 2. The maximum absolute atomic E-state index is 12.3. The number of rotatable bonds is 7. The number of carbonyl (C=O) groups excluding carboxylic acids is 1. The van der Waals surface area contributed by atoms with Crippen molar-refractivity contribution in [3.63, 3.8) is 0 Å². The summed E-state index contributed by atoms with van der Waals surface area (Å²) in [7, 11) is 0. The van der Waals surface area contributed by atoms with E-state index in [9.17, 15) is 4.79 Å². The number of fused-ring (bicyclic) bond motifs is 1. The summed E-state index contributed by atoms with van der Waals surface area (Å²) in [6.45, 7) is 2.66. The van der Waals surface area contributed by atoms with Crippen molar-refractivity contribution in [2.45, 2.75) is 6.92 Å². The van der Waals surface area contributed by atoms with Gasteiger partial charge in [-0.25, -0.2) is 5.43 Å². The molecule has 1 amide bonds. The summed E-state index contributed by atoms with van der Waals surface area (Å²) in [5, 5.41) is 4.75. The molecule has 3 rings (SSSR count). The lowest BCUT2D eigenvalue weighted by Gasteiger charge is -2.05. The van der Waals surface area contributed by atoms with Crippen LogP contribution in [-0.2, 0) is 0 Å². The van der Waals surface area contributed by atoms with Crippen LogP contribution in [-0.4, -0.2) is 25.3 Å². The molecule has 0 spiro atoms. The van der Waals surface area contributed by atoms with Crippen LogP contribution in [0.2, 0.25) is 0 Å². The number of ether oxygens (including phenoxy) is 2. The Bertz CT molecular complexity index is 1070. The zero-order chi connectivity index (χ0) is 19.9. The topological polar surface area (TPSA) is 73.1 Å². The number of terminal acetylenes is 1. The summed E-state index contributed by atoms with van der Waals surface area (Å²) >= 11 is 3.40. The van der Waals surface area contributed by atoms with E-state index in [4.69, 9.17) is 20.3 Å². The third-order valence-electron chi connectivity index (χ3n) is 3.67. The average Bonchev–Trinajstić information content (AvgIpc) is 3.11. The number of hydrogen-bond acceptors (Lipinski definition) is 5. The molecule has 0 atom stereocenters. The summed E-state index contributed by atoms with van der Waals surface area (Å²) in [5.41, 5.74) is 3.82. The smallest absolute Gasteiger partial charge is 0.307 e. The van der Waals surface area contributed by atoms with E-state index in [1.165, 1.54) is 6.21 Å². The molecule has 142 valence electrons. The molecule has 0 unspecified atom stereocenters. The molecule has 3 aromatic rings. The molecule has 28 heavy (non-hydrogen) atoms. The van der Waals surface area contributed by atoms with Crippen LogP contribution >= 0.6 is 15.9 Å². The van der Waals surface area contributed by atoms with Gasteiger partial charge in [0.2, 0.25) is 0 Å². The van der Waals surface area contributed by atoms with E-state index in [2.05, 4.69) is 32.4 Å². The van der Waals surface area contributed by atoms with Crippen molar-refractivity contribution in [1.82, 2.24) is 5.43 Å². The van der Waals surface area contributed by atoms with Gasteiger partial charge in [0.1, 0.15) is 23.7 Å². The Morgan fingerprint density at radius 2 is 2.14 bits per heavy atom. The summed E-state index contributed by atoms with van der Waals surface area (Å²) in [4.78, 5) is 12.3. The van der Waals surface area contributed by atoms with Gasteiger partial charge in [0.25, 0.3) is 0 Å². The lowest BCUT2D eigenvalue weighted by Crippen LogP contribution is -2.16. The van der Waals surface area contributed by atoms with Gasteiger partial charge in [-0.3, -0.25) is 4.79 Å². The molecule has 1 aromatic heterocycles. The van der Waals surface area contributed by atoms with Gasteiger partial charge in [-0.2, -0.15) is 5.10 Å². The fourth-order valence-electron chi connectivity index (χ4n) is 2.44. The van der Waals surface area contributed by atoms with Gasteiger partial charge in [-0.05, 0) is 70.9 Å². The Morgan fingerprint density at radius 3 is 2.89 bits per heavy atom. The van der Waals surface area contributed by atoms with E-state index in [0.717, 1.165) is 21.2 Å². The molecule has 0 saturated heterocycles. The first kappa shape index (κ1) is 19.5. The maximum atomic E-state index is 12.3. The molecule has 0 aliphatic carbocycles. The first-order valence-electron chi connectivity index (χ1n) is 8.46. The minimum absolute atomic E-state index is 0.167. The fraction of sp³-hybridized carbons (Fsp3) is 0.143. The number of nitrogens with zero attached hydrogens (tertiary/aromatic N) is 1. The molecule has 2 aromatic carbocycles. The number of hydrogen-bond donors (Lipinski definition) is 1. The van der Waals surface area contributed by atoms with Gasteiger partial charge in [0, 0.05) is 5.39 Å². The summed E-state index contributed by atoms with van der Waals surface area (Å²) in [5.74, 6) is 3.48. The van der Waals surface area contributed by atoms with Gasteiger partial charge < -0.3 is 13.9 Å². The molecule has 1 heterocycles. The van der Waals surface area contributed by atoms with Crippen LogP contribution in [0.25, 0.3) is 11.0 Å². The van der Waals surface area contributed by atoms with Crippen LogP contribution in [0.4, 0.5) is 0 Å². The van der Waals surface area contributed by atoms with E-state index in [1.807, 2.05) is 13.0 Å². The Morgan fingerprint density at radius 1 is 1.29 bits per heavy atom. The molecule has 0 radical (unpaired) electrons. The molecule has 6 nitrogen and oxygen atoms in total. The van der Waals surface area contributed by atoms with Crippen LogP contribution in [0.3, 0.4) is 0 Å². The van der Waals surface area contributed by atoms with Crippen molar-refractivity contribution in [1.29, 1.82) is 0 Å². The fourth-order valence-corrected chi connectivity index (χ4v) is 2.96. The second kappa shape index (κ2) is 9.11. The average molecular weight is 441 g/mol. The predicted molar refractivity (Wildman–Crippen MR) is 111 cm³/mol. The largest absolute Gasteiger partial charge is 0.494 e. The second-order valence-corrected chi connectivity index (χ2v) is 6.48. The third-order valence-corrected chi connectivity index (χ3v) is 4.29. The zero-order valence-corrected chi connectivity index (χ0v) is 16.7. The highest BCUT2D eigenvalue weighted by Gasteiger charge is 2.12. The molecule has 0 saturated carbocycles. The normalized spacial score (nSPS) is 10.8. The Hall–Kier alpha value is -3.24. The zero-order valence-electron chi connectivity index (χ0n) is 15.1. The quantitative estimate of drug-likeness (QED) is 0.336. The van der Waals surface area contributed by atoms with E-state index < -0.39 is 5.91 Å². The van der Waals surface area contributed by atoms with Crippen molar-refractivity contribution in [3.8, 4) is 23.8 Å². The summed E-state index contributed by atoms with van der Waals surface area (Å²) in [6, 6.07) is 12.4. The van der Waals surface area contributed by atoms with Crippen molar-refractivity contribution in [2.24, 2.45) is 5.10 Å². The molecular weight excluding hydrogens is 424 g/mol. The van der Waals surface area contributed by atoms with Crippen LogP contribution in [0, 0.1) is 12.3 Å². The first-order chi connectivity index (χ1) is 13.6. The van der Waals surface area contributed by atoms with Gasteiger partial charge in [-0.15, -0.1) is 6.42 Å². The number of nitrogens with one attached hydrogen (secondary N) is 1. The van der Waals surface area contributed by atoms with Crippen molar-refractivity contribution >= 4 is 39.0 Å². The van der Waals surface area contributed by atoms with Crippen molar-refractivity contribution < 1.29 is 18.7 Å². The number of halogens is 1. The maximum Gasteiger partial charge on any atom is 0.307 e. The molecule has 1 N–H and O–H groups in total. The van der Waals surface area contributed by atoms with Gasteiger partial charge >= 0.3 is 5.91 Å². The SMILES string of the molecule is C#CCOc1ccc(/C=N/NC(=O)c2cc3cc(OCC)ccc3o2)cc1Br. The van der Waals surface area contributed by atoms with Gasteiger partial charge in [-0.1, -0.05) is 5.92 Å². The Labute approximate surface area is 170 Å².